The highest BCUT2D eigenvalue weighted by Gasteiger charge is 2.24. The number of benzene rings is 2. The number of esters is 2. The van der Waals surface area contributed by atoms with E-state index in [0.717, 1.165) is 0 Å². The zero-order valence-corrected chi connectivity index (χ0v) is 14.0. The molecule has 0 saturated carbocycles. The number of para-hydroxylation sites is 1. The molecule has 0 aliphatic heterocycles. The quantitative estimate of drug-likeness (QED) is 0.525. The van der Waals surface area contributed by atoms with Crippen molar-refractivity contribution in [3.8, 4) is 17.2 Å². The van der Waals surface area contributed by atoms with Gasteiger partial charge in [-0.25, -0.2) is 9.59 Å². The van der Waals surface area contributed by atoms with Crippen LogP contribution in [0.15, 0.2) is 57.7 Å². The molecule has 1 heterocycles. The van der Waals surface area contributed by atoms with Crippen LogP contribution in [0.25, 0.3) is 11.0 Å². The van der Waals surface area contributed by atoms with E-state index < -0.39 is 23.3 Å². The lowest BCUT2D eigenvalue weighted by molar-refractivity contribution is -0.131. The van der Waals surface area contributed by atoms with Gasteiger partial charge >= 0.3 is 17.6 Å². The molecule has 3 rings (SSSR count). The first-order valence-corrected chi connectivity index (χ1v) is 7.60. The molecule has 132 valence electrons. The Labute approximate surface area is 147 Å². The minimum Gasteiger partial charge on any atom is -0.493 e. The van der Waals surface area contributed by atoms with Gasteiger partial charge in [-0.05, 0) is 24.3 Å². The maximum atomic E-state index is 12.4. The third-order valence-corrected chi connectivity index (χ3v) is 3.48. The molecule has 0 N–H and O–H groups in total. The average Bonchev–Trinajstić information content (AvgIpc) is 2.64. The zero-order valence-electron chi connectivity index (χ0n) is 14.0. The lowest BCUT2D eigenvalue weighted by Gasteiger charge is -2.12. The fourth-order valence-corrected chi connectivity index (χ4v) is 2.37. The number of carbonyl (C=O) groups is 2. The summed E-state index contributed by atoms with van der Waals surface area (Å²) >= 11 is 0. The van der Waals surface area contributed by atoms with Crippen molar-refractivity contribution < 1.29 is 28.2 Å². The van der Waals surface area contributed by atoms with Crippen molar-refractivity contribution in [3.63, 3.8) is 0 Å². The lowest BCUT2D eigenvalue weighted by Crippen LogP contribution is -2.17. The summed E-state index contributed by atoms with van der Waals surface area (Å²) in [7, 11) is 1.41. The molecule has 0 aliphatic carbocycles. The van der Waals surface area contributed by atoms with Gasteiger partial charge in [0.05, 0.1) is 18.1 Å². The molecule has 26 heavy (non-hydrogen) atoms. The van der Waals surface area contributed by atoms with E-state index in [1.54, 1.807) is 36.4 Å². The van der Waals surface area contributed by atoms with Gasteiger partial charge in [0.1, 0.15) is 0 Å². The Kier molecular flexibility index (Phi) is 4.70. The second-order valence-corrected chi connectivity index (χ2v) is 5.23. The van der Waals surface area contributed by atoms with Crippen LogP contribution in [0.1, 0.15) is 17.3 Å². The Morgan fingerprint density at radius 1 is 0.923 bits per heavy atom. The second kappa shape index (κ2) is 7.10. The zero-order chi connectivity index (χ0) is 18.7. The van der Waals surface area contributed by atoms with Crippen molar-refractivity contribution in [1.82, 2.24) is 0 Å². The Morgan fingerprint density at radius 3 is 2.31 bits per heavy atom. The Balaban J connectivity index is 2.18. The number of ether oxygens (including phenoxy) is 3. The monoisotopic (exact) mass is 354 g/mol. The largest absolute Gasteiger partial charge is 0.493 e. The average molecular weight is 354 g/mol. The third-order valence-electron chi connectivity index (χ3n) is 3.48. The first-order valence-electron chi connectivity index (χ1n) is 7.60. The molecular weight excluding hydrogens is 340 g/mol. The van der Waals surface area contributed by atoms with E-state index in [1.807, 2.05) is 0 Å². The Hall–Kier alpha value is -3.61. The maximum Gasteiger partial charge on any atom is 0.383 e. The molecule has 0 aliphatic rings. The predicted octanol–water partition coefficient (Wildman–Crippen LogP) is 2.95. The summed E-state index contributed by atoms with van der Waals surface area (Å²) in [6.45, 7) is 1.17. The first kappa shape index (κ1) is 17.2. The summed E-state index contributed by atoms with van der Waals surface area (Å²) in [6, 6.07) is 12.8. The molecule has 7 heteroatoms. The van der Waals surface area contributed by atoms with Crippen LogP contribution in [0.5, 0.6) is 17.2 Å². The maximum absolute atomic E-state index is 12.4. The van der Waals surface area contributed by atoms with Crippen molar-refractivity contribution in [2.45, 2.75) is 6.92 Å². The van der Waals surface area contributed by atoms with Crippen LogP contribution in [0.2, 0.25) is 0 Å². The fourth-order valence-electron chi connectivity index (χ4n) is 2.37. The fraction of sp³-hybridized carbons (Fsp3) is 0.105. The number of hydrogen-bond donors (Lipinski definition) is 0. The molecule has 3 aromatic rings. The van der Waals surface area contributed by atoms with Crippen molar-refractivity contribution in [2.75, 3.05) is 7.11 Å². The van der Waals surface area contributed by atoms with E-state index in [1.165, 1.54) is 26.2 Å². The summed E-state index contributed by atoms with van der Waals surface area (Å²) in [5.74, 6) is -1.90. The van der Waals surface area contributed by atoms with E-state index in [-0.39, 0.29) is 28.0 Å². The van der Waals surface area contributed by atoms with Crippen LogP contribution < -0.4 is 19.8 Å². The van der Waals surface area contributed by atoms with Crippen molar-refractivity contribution in [1.29, 1.82) is 0 Å². The van der Waals surface area contributed by atoms with Gasteiger partial charge in [-0.2, -0.15) is 0 Å². The second-order valence-electron chi connectivity index (χ2n) is 5.23. The van der Waals surface area contributed by atoms with E-state index in [4.69, 9.17) is 18.6 Å². The highest BCUT2D eigenvalue weighted by Crippen LogP contribution is 2.37. The van der Waals surface area contributed by atoms with Gasteiger partial charge in [0, 0.05) is 6.92 Å². The smallest absolute Gasteiger partial charge is 0.383 e. The van der Waals surface area contributed by atoms with Crippen molar-refractivity contribution >= 4 is 22.9 Å². The van der Waals surface area contributed by atoms with Crippen LogP contribution in [-0.2, 0) is 4.79 Å². The number of fused-ring (bicyclic) bond motifs is 1. The number of hydrogen-bond acceptors (Lipinski definition) is 7. The molecule has 0 spiro atoms. The minimum atomic E-state index is -0.970. The minimum absolute atomic E-state index is 0.0794. The van der Waals surface area contributed by atoms with E-state index >= 15 is 0 Å². The number of carbonyl (C=O) groups excluding carboxylic acids is 2. The molecule has 2 aromatic carbocycles. The molecule has 7 nitrogen and oxygen atoms in total. The van der Waals surface area contributed by atoms with E-state index in [9.17, 15) is 14.4 Å². The molecule has 1 aromatic heterocycles. The molecule has 0 radical (unpaired) electrons. The topological polar surface area (TPSA) is 92.0 Å². The lowest BCUT2D eigenvalue weighted by atomic mass is 10.2. The van der Waals surface area contributed by atoms with Gasteiger partial charge in [0.15, 0.2) is 17.1 Å². The molecule has 0 amide bonds. The van der Waals surface area contributed by atoms with E-state index in [2.05, 4.69) is 0 Å². The Bertz CT molecular complexity index is 1030. The highest BCUT2D eigenvalue weighted by atomic mass is 16.6. The third kappa shape index (κ3) is 3.27. The normalized spacial score (nSPS) is 10.4. The number of rotatable bonds is 4. The molecular formula is C19H14O7. The summed E-state index contributed by atoms with van der Waals surface area (Å²) in [6.07, 6.45) is 0. The van der Waals surface area contributed by atoms with Gasteiger partial charge in [-0.1, -0.05) is 24.3 Å². The summed E-state index contributed by atoms with van der Waals surface area (Å²) in [5.41, 5.74) is -0.662. The molecule has 0 bridgehead atoms. The van der Waals surface area contributed by atoms with Gasteiger partial charge < -0.3 is 18.6 Å². The van der Waals surface area contributed by atoms with Gasteiger partial charge in [0.25, 0.3) is 5.75 Å². The van der Waals surface area contributed by atoms with Crippen LogP contribution in [0.3, 0.4) is 0 Å². The SMILES string of the molecule is COc1cccc2c(OC(C)=O)c(OC(=O)c3ccccc3)c(=O)oc12. The highest BCUT2D eigenvalue weighted by molar-refractivity contribution is 5.95. The van der Waals surface area contributed by atoms with Crippen molar-refractivity contribution in [3.05, 3.63) is 64.5 Å². The Morgan fingerprint density at radius 2 is 1.65 bits per heavy atom. The standard InChI is InChI=1S/C19H14O7/c1-11(20)24-16-13-9-6-10-14(23-2)15(13)25-19(22)17(16)26-18(21)12-7-4-3-5-8-12/h3-10H,1-2H3. The summed E-state index contributed by atoms with van der Waals surface area (Å²) in [4.78, 5) is 36.2. The number of methoxy groups -OCH3 is 1. The molecule has 0 unspecified atom stereocenters. The summed E-state index contributed by atoms with van der Waals surface area (Å²) < 4.78 is 20.7. The molecule has 0 saturated heterocycles. The predicted molar refractivity (Wildman–Crippen MR) is 91.7 cm³/mol. The van der Waals surface area contributed by atoms with Crippen LogP contribution in [0.4, 0.5) is 0 Å². The van der Waals surface area contributed by atoms with Gasteiger partial charge in [-0.3, -0.25) is 4.79 Å². The molecule has 0 atom stereocenters. The molecule has 0 fully saturated rings. The van der Waals surface area contributed by atoms with Crippen molar-refractivity contribution in [2.24, 2.45) is 0 Å². The first-order chi connectivity index (χ1) is 12.5. The van der Waals surface area contributed by atoms with Crippen LogP contribution >= 0.6 is 0 Å². The van der Waals surface area contributed by atoms with Crippen LogP contribution in [-0.4, -0.2) is 19.0 Å². The summed E-state index contributed by atoms with van der Waals surface area (Å²) in [5, 5.41) is 0.259. The van der Waals surface area contributed by atoms with Gasteiger partial charge in [-0.15, -0.1) is 0 Å². The van der Waals surface area contributed by atoms with E-state index in [0.29, 0.717) is 0 Å². The van der Waals surface area contributed by atoms with Gasteiger partial charge in [0.2, 0.25) is 0 Å². The van der Waals surface area contributed by atoms with Crippen LogP contribution in [0, 0.1) is 0 Å².